The molecule has 2 aromatic rings. The molecule has 0 saturated carbocycles. The fraction of sp³-hybridized carbons (Fsp3) is 0.400. The minimum absolute atomic E-state index is 0.0753. The van der Waals surface area contributed by atoms with E-state index in [1.54, 1.807) is 0 Å². The zero-order valence-electron chi connectivity index (χ0n) is 11.7. The van der Waals surface area contributed by atoms with E-state index < -0.39 is 0 Å². The molecule has 1 atom stereocenters. The molecule has 1 unspecified atom stereocenters. The molecule has 2 N–H and O–H groups in total. The van der Waals surface area contributed by atoms with Gasteiger partial charge in [-0.1, -0.05) is 18.2 Å². The summed E-state index contributed by atoms with van der Waals surface area (Å²) in [5.74, 6) is 0.394. The smallest absolute Gasteiger partial charge is 0.311 e. The van der Waals surface area contributed by atoms with Gasteiger partial charge in [0, 0.05) is 18.5 Å². The van der Waals surface area contributed by atoms with Crippen LogP contribution in [0.25, 0.3) is 10.9 Å². The number of hydrogen-bond acceptors (Lipinski definition) is 5. The highest BCUT2D eigenvalue weighted by Gasteiger charge is 2.27. The maximum Gasteiger partial charge on any atom is 0.311 e. The van der Waals surface area contributed by atoms with Gasteiger partial charge in [-0.2, -0.15) is 0 Å². The molecular weight excluding hydrogens is 268 g/mol. The summed E-state index contributed by atoms with van der Waals surface area (Å²) in [6.07, 6.45) is 3.46. The van der Waals surface area contributed by atoms with Crippen LogP contribution >= 0.6 is 0 Å². The molecule has 0 amide bonds. The summed E-state index contributed by atoms with van der Waals surface area (Å²) in [6, 6.07) is 7.56. The predicted molar refractivity (Wildman–Crippen MR) is 82.4 cm³/mol. The molecule has 1 fully saturated rings. The zero-order chi connectivity index (χ0) is 14.8. The second-order valence-electron chi connectivity index (χ2n) is 5.46. The zero-order valence-corrected chi connectivity index (χ0v) is 11.7. The third-order valence-corrected chi connectivity index (χ3v) is 4.09. The Morgan fingerprint density at radius 1 is 1.43 bits per heavy atom. The summed E-state index contributed by atoms with van der Waals surface area (Å²) >= 11 is 0. The van der Waals surface area contributed by atoms with Crippen molar-refractivity contribution in [2.24, 2.45) is 11.7 Å². The van der Waals surface area contributed by atoms with Crippen LogP contribution in [0.2, 0.25) is 0 Å². The quantitative estimate of drug-likeness (QED) is 0.691. The topological polar surface area (TPSA) is 85.3 Å². The summed E-state index contributed by atoms with van der Waals surface area (Å²) in [7, 11) is 0. The van der Waals surface area contributed by atoms with E-state index in [0.717, 1.165) is 36.8 Å². The van der Waals surface area contributed by atoms with Gasteiger partial charge in [-0.05, 0) is 31.4 Å². The third kappa shape index (κ3) is 2.54. The molecule has 6 nitrogen and oxygen atoms in total. The van der Waals surface area contributed by atoms with Crippen molar-refractivity contribution in [2.45, 2.75) is 12.8 Å². The molecule has 3 rings (SSSR count). The van der Waals surface area contributed by atoms with E-state index >= 15 is 0 Å². The first-order valence-corrected chi connectivity index (χ1v) is 7.18. The van der Waals surface area contributed by atoms with Gasteiger partial charge in [0.1, 0.15) is 11.9 Å². The van der Waals surface area contributed by atoms with E-state index in [2.05, 4.69) is 9.88 Å². The van der Waals surface area contributed by atoms with Crippen LogP contribution in [0.3, 0.4) is 0 Å². The van der Waals surface area contributed by atoms with Crippen molar-refractivity contribution in [3.05, 3.63) is 40.6 Å². The van der Waals surface area contributed by atoms with Gasteiger partial charge in [0.05, 0.1) is 10.4 Å². The lowest BCUT2D eigenvalue weighted by atomic mass is 9.97. The van der Waals surface area contributed by atoms with E-state index in [-0.39, 0.29) is 10.6 Å². The molecule has 0 radical (unpaired) electrons. The Morgan fingerprint density at radius 2 is 2.24 bits per heavy atom. The number of benzene rings is 1. The average molecular weight is 286 g/mol. The van der Waals surface area contributed by atoms with Gasteiger partial charge in [0.2, 0.25) is 0 Å². The average Bonchev–Trinajstić information content (AvgIpc) is 2.53. The van der Waals surface area contributed by atoms with Gasteiger partial charge in [-0.3, -0.25) is 10.1 Å². The van der Waals surface area contributed by atoms with E-state index in [9.17, 15) is 10.1 Å². The maximum absolute atomic E-state index is 11.4. The SMILES string of the molecule is NCC1CCCN(c2c([N+](=O)[O-])cnc3ccccc23)C1. The number of nitrogens with two attached hydrogens (primary N) is 1. The largest absolute Gasteiger partial charge is 0.365 e. The van der Waals surface area contributed by atoms with Crippen molar-refractivity contribution < 1.29 is 4.92 Å². The van der Waals surface area contributed by atoms with Crippen LogP contribution in [0.1, 0.15) is 12.8 Å². The van der Waals surface area contributed by atoms with Crippen LogP contribution in [0.5, 0.6) is 0 Å². The summed E-state index contributed by atoms with van der Waals surface area (Å²) in [5.41, 5.74) is 7.33. The van der Waals surface area contributed by atoms with E-state index in [1.165, 1.54) is 6.20 Å². The first-order chi connectivity index (χ1) is 10.2. The molecule has 1 aliphatic rings. The van der Waals surface area contributed by atoms with Crippen LogP contribution in [-0.4, -0.2) is 29.5 Å². The van der Waals surface area contributed by atoms with Crippen molar-refractivity contribution in [3.63, 3.8) is 0 Å². The van der Waals surface area contributed by atoms with Gasteiger partial charge in [-0.25, -0.2) is 4.98 Å². The molecule has 21 heavy (non-hydrogen) atoms. The lowest BCUT2D eigenvalue weighted by Gasteiger charge is -2.34. The van der Waals surface area contributed by atoms with Crippen molar-refractivity contribution in [1.29, 1.82) is 0 Å². The highest BCUT2D eigenvalue weighted by molar-refractivity contribution is 5.96. The number of rotatable bonds is 3. The highest BCUT2D eigenvalue weighted by Crippen LogP contribution is 2.36. The van der Waals surface area contributed by atoms with Gasteiger partial charge in [-0.15, -0.1) is 0 Å². The first kappa shape index (κ1) is 13.8. The van der Waals surface area contributed by atoms with Crippen molar-refractivity contribution in [3.8, 4) is 0 Å². The summed E-state index contributed by atoms with van der Waals surface area (Å²) in [4.78, 5) is 17.3. The van der Waals surface area contributed by atoms with Crippen LogP contribution < -0.4 is 10.6 Å². The Labute approximate surface area is 122 Å². The molecule has 1 saturated heterocycles. The summed E-state index contributed by atoms with van der Waals surface area (Å²) < 4.78 is 0. The molecule has 110 valence electrons. The highest BCUT2D eigenvalue weighted by atomic mass is 16.6. The molecule has 0 spiro atoms. The fourth-order valence-electron chi connectivity index (χ4n) is 3.04. The van der Waals surface area contributed by atoms with Crippen molar-refractivity contribution >= 4 is 22.3 Å². The molecule has 0 aliphatic carbocycles. The standard InChI is InChI=1S/C15H18N4O2/c16-8-11-4-3-7-18(10-11)15-12-5-1-2-6-13(12)17-9-14(15)19(20)21/h1-2,5-6,9,11H,3-4,7-8,10,16H2. The van der Waals surface area contributed by atoms with Crippen LogP contribution in [-0.2, 0) is 0 Å². The molecule has 1 aromatic heterocycles. The van der Waals surface area contributed by atoms with E-state index in [0.29, 0.717) is 18.2 Å². The van der Waals surface area contributed by atoms with Crippen LogP contribution in [0.4, 0.5) is 11.4 Å². The minimum atomic E-state index is -0.346. The monoisotopic (exact) mass is 286 g/mol. The number of fused-ring (bicyclic) bond motifs is 1. The van der Waals surface area contributed by atoms with Gasteiger partial charge < -0.3 is 10.6 Å². The van der Waals surface area contributed by atoms with Gasteiger partial charge in [0.15, 0.2) is 0 Å². The second kappa shape index (κ2) is 5.65. The third-order valence-electron chi connectivity index (χ3n) is 4.09. The summed E-state index contributed by atoms with van der Waals surface area (Å²) in [6.45, 7) is 2.21. The Morgan fingerprint density at radius 3 is 3.00 bits per heavy atom. The molecule has 0 bridgehead atoms. The Kier molecular flexibility index (Phi) is 3.70. The number of pyridine rings is 1. The number of anilines is 1. The first-order valence-electron chi connectivity index (χ1n) is 7.18. The molecule has 6 heteroatoms. The van der Waals surface area contributed by atoms with Gasteiger partial charge in [0.25, 0.3) is 0 Å². The Hall–Kier alpha value is -2.21. The number of para-hydroxylation sites is 1. The number of nitrogens with zero attached hydrogens (tertiary/aromatic N) is 3. The van der Waals surface area contributed by atoms with Crippen LogP contribution in [0, 0.1) is 16.0 Å². The Bertz CT molecular complexity index is 674. The number of hydrogen-bond donors (Lipinski definition) is 1. The normalized spacial score (nSPS) is 18.9. The van der Waals surface area contributed by atoms with Gasteiger partial charge >= 0.3 is 5.69 Å². The fourth-order valence-corrected chi connectivity index (χ4v) is 3.04. The molecule has 1 aromatic carbocycles. The molecule has 2 heterocycles. The molecular formula is C15H18N4O2. The van der Waals surface area contributed by atoms with Crippen molar-refractivity contribution in [1.82, 2.24) is 4.98 Å². The van der Waals surface area contributed by atoms with E-state index in [4.69, 9.17) is 5.73 Å². The van der Waals surface area contributed by atoms with Crippen molar-refractivity contribution in [2.75, 3.05) is 24.5 Å². The number of aromatic nitrogens is 1. The maximum atomic E-state index is 11.4. The molecule has 1 aliphatic heterocycles. The van der Waals surface area contributed by atoms with Crippen LogP contribution in [0.15, 0.2) is 30.5 Å². The lowest BCUT2D eigenvalue weighted by molar-refractivity contribution is -0.384. The minimum Gasteiger partial charge on any atom is -0.365 e. The Balaban J connectivity index is 2.14. The predicted octanol–water partition coefficient (Wildman–Crippen LogP) is 2.32. The van der Waals surface area contributed by atoms with E-state index in [1.807, 2.05) is 24.3 Å². The number of piperidine rings is 1. The lowest BCUT2D eigenvalue weighted by Crippen LogP contribution is -2.38. The summed E-state index contributed by atoms with van der Waals surface area (Å²) in [5, 5.41) is 12.2. The number of nitro groups is 1. The second-order valence-corrected chi connectivity index (χ2v) is 5.46.